The van der Waals surface area contributed by atoms with Crippen LogP contribution in [0.25, 0.3) is 27.9 Å². The normalized spacial score (nSPS) is 15.5. The number of aryl methyl sites for hydroxylation is 1. The van der Waals surface area contributed by atoms with Crippen LogP contribution in [0, 0.1) is 0 Å². The Morgan fingerprint density at radius 2 is 2.06 bits per heavy atom. The van der Waals surface area contributed by atoms with E-state index in [4.69, 9.17) is 9.97 Å². The Kier molecular flexibility index (Phi) is 5.06. The molecule has 3 aromatic heterocycles. The van der Waals surface area contributed by atoms with Crippen LogP contribution in [0.1, 0.15) is 6.92 Å². The number of rotatable bonds is 4. The number of hydrogen-bond acceptors (Lipinski definition) is 7. The van der Waals surface area contributed by atoms with Crippen LogP contribution in [0.5, 0.6) is 0 Å². The molecule has 11 heteroatoms. The van der Waals surface area contributed by atoms with Crippen molar-refractivity contribution in [1.29, 1.82) is 0 Å². The largest absolute Gasteiger partial charge is 0.343 e. The number of carbonyl (C=O) groups excluding carboxylic acids is 1. The third-order valence-corrected chi connectivity index (χ3v) is 6.00. The number of hydrogen-bond donors (Lipinski definition) is 2. The predicted octanol–water partition coefficient (Wildman–Crippen LogP) is 1.67. The lowest BCUT2D eigenvalue weighted by atomic mass is 10.2. The lowest BCUT2D eigenvalue weighted by Gasteiger charge is -2.30. The summed E-state index contributed by atoms with van der Waals surface area (Å²) in [5, 5.41) is 16.3. The standard InChI is InChI=1S/C20H22BrN9O/c1-12(19(31)29-8-6-22-7-9-29)24-20-25-16-14(4-3-5-15(16)21)18-26-17(27-30(18)20)13-10-23-28(2)11-13/h3-5,10-12,22H,6-9H2,1-2H3,(H,24,25). The summed E-state index contributed by atoms with van der Waals surface area (Å²) >= 11 is 3.59. The number of para-hydroxylation sites is 1. The van der Waals surface area contributed by atoms with Gasteiger partial charge in [-0.2, -0.15) is 9.61 Å². The molecule has 4 heterocycles. The predicted molar refractivity (Wildman–Crippen MR) is 121 cm³/mol. The van der Waals surface area contributed by atoms with Crippen molar-refractivity contribution in [2.45, 2.75) is 13.0 Å². The minimum absolute atomic E-state index is 0.0382. The number of amides is 1. The summed E-state index contributed by atoms with van der Waals surface area (Å²) in [7, 11) is 1.85. The van der Waals surface area contributed by atoms with Crippen molar-refractivity contribution in [2.75, 3.05) is 31.5 Å². The van der Waals surface area contributed by atoms with Gasteiger partial charge in [0.25, 0.3) is 0 Å². The van der Waals surface area contributed by atoms with Gasteiger partial charge in [0.1, 0.15) is 6.04 Å². The van der Waals surface area contributed by atoms with Gasteiger partial charge in [-0.3, -0.25) is 9.48 Å². The fraction of sp³-hybridized carbons (Fsp3) is 0.350. The highest BCUT2D eigenvalue weighted by atomic mass is 79.9. The maximum absolute atomic E-state index is 12.9. The average molecular weight is 484 g/mol. The fourth-order valence-corrected chi connectivity index (χ4v) is 4.22. The second-order valence-electron chi connectivity index (χ2n) is 7.59. The van der Waals surface area contributed by atoms with Crippen LogP contribution < -0.4 is 10.6 Å². The van der Waals surface area contributed by atoms with Crippen LogP contribution >= 0.6 is 15.9 Å². The van der Waals surface area contributed by atoms with E-state index in [0.717, 1.165) is 34.0 Å². The zero-order valence-corrected chi connectivity index (χ0v) is 18.8. The second kappa shape index (κ2) is 7.89. The number of halogens is 1. The minimum atomic E-state index is -0.459. The molecular weight excluding hydrogens is 462 g/mol. The van der Waals surface area contributed by atoms with Crippen molar-refractivity contribution in [2.24, 2.45) is 7.05 Å². The Hall–Kier alpha value is -3.05. The molecule has 4 aromatic rings. The topological polar surface area (TPSA) is 105 Å². The van der Waals surface area contributed by atoms with Crippen LogP contribution in [0.2, 0.25) is 0 Å². The van der Waals surface area contributed by atoms with Gasteiger partial charge in [0.05, 0.1) is 17.3 Å². The fourth-order valence-electron chi connectivity index (χ4n) is 3.76. The van der Waals surface area contributed by atoms with Gasteiger partial charge in [-0.05, 0) is 35.0 Å². The van der Waals surface area contributed by atoms with Gasteiger partial charge in [0.15, 0.2) is 11.5 Å². The van der Waals surface area contributed by atoms with E-state index in [9.17, 15) is 4.79 Å². The molecule has 1 atom stereocenters. The van der Waals surface area contributed by atoms with Crippen molar-refractivity contribution in [3.63, 3.8) is 0 Å². The van der Waals surface area contributed by atoms with E-state index in [1.807, 2.05) is 43.3 Å². The summed E-state index contributed by atoms with van der Waals surface area (Å²) < 4.78 is 4.22. The Morgan fingerprint density at radius 3 is 2.81 bits per heavy atom. The molecule has 1 aromatic carbocycles. The quantitative estimate of drug-likeness (QED) is 0.454. The molecule has 1 aliphatic rings. The summed E-state index contributed by atoms with van der Waals surface area (Å²) in [6.45, 7) is 4.86. The summed E-state index contributed by atoms with van der Waals surface area (Å²) in [5.41, 5.74) is 2.23. The molecule has 1 unspecified atom stereocenters. The number of nitrogens with one attached hydrogen (secondary N) is 2. The first kappa shape index (κ1) is 19.9. The van der Waals surface area contributed by atoms with Crippen LogP contribution in [-0.2, 0) is 11.8 Å². The number of nitrogens with zero attached hydrogens (tertiary/aromatic N) is 7. The molecule has 160 valence electrons. The summed E-state index contributed by atoms with van der Waals surface area (Å²) in [6, 6.07) is 5.38. The molecule has 1 aliphatic heterocycles. The molecule has 1 saturated heterocycles. The molecule has 1 amide bonds. The van der Waals surface area contributed by atoms with Crippen molar-refractivity contribution < 1.29 is 4.79 Å². The SMILES string of the molecule is CC(Nc1nc2c(Br)cccc2c2nc(-c3cnn(C)c3)nn12)C(=O)N1CCNCC1. The first-order valence-corrected chi connectivity index (χ1v) is 10.9. The Morgan fingerprint density at radius 1 is 1.26 bits per heavy atom. The lowest BCUT2D eigenvalue weighted by molar-refractivity contribution is -0.132. The van der Waals surface area contributed by atoms with Gasteiger partial charge in [-0.15, -0.1) is 5.10 Å². The zero-order valence-electron chi connectivity index (χ0n) is 17.2. The van der Waals surface area contributed by atoms with Gasteiger partial charge >= 0.3 is 0 Å². The third kappa shape index (κ3) is 3.63. The van der Waals surface area contributed by atoms with E-state index in [1.54, 1.807) is 15.4 Å². The first-order valence-electron chi connectivity index (χ1n) is 10.1. The molecule has 1 fully saturated rings. The number of fused-ring (bicyclic) bond motifs is 3. The van der Waals surface area contributed by atoms with E-state index in [-0.39, 0.29) is 5.91 Å². The first-order chi connectivity index (χ1) is 15.0. The molecule has 31 heavy (non-hydrogen) atoms. The van der Waals surface area contributed by atoms with Gasteiger partial charge in [0.2, 0.25) is 11.9 Å². The highest BCUT2D eigenvalue weighted by Gasteiger charge is 2.24. The van der Waals surface area contributed by atoms with E-state index in [1.165, 1.54) is 0 Å². The van der Waals surface area contributed by atoms with Crippen LogP contribution in [-0.4, -0.2) is 72.4 Å². The van der Waals surface area contributed by atoms with E-state index in [0.29, 0.717) is 30.5 Å². The van der Waals surface area contributed by atoms with Gasteiger partial charge < -0.3 is 15.5 Å². The summed E-state index contributed by atoms with van der Waals surface area (Å²) in [5.74, 6) is 1.05. The maximum atomic E-state index is 12.9. The second-order valence-corrected chi connectivity index (χ2v) is 8.44. The number of aromatic nitrogens is 6. The van der Waals surface area contributed by atoms with Crippen LogP contribution in [0.4, 0.5) is 5.95 Å². The Bertz CT molecular complexity index is 1270. The summed E-state index contributed by atoms with van der Waals surface area (Å²) in [4.78, 5) is 24.4. The molecule has 2 N–H and O–H groups in total. The van der Waals surface area contributed by atoms with Gasteiger partial charge in [-0.25, -0.2) is 9.97 Å². The molecule has 5 rings (SSSR count). The minimum Gasteiger partial charge on any atom is -0.343 e. The number of carbonyl (C=O) groups is 1. The van der Waals surface area contributed by atoms with E-state index < -0.39 is 6.04 Å². The van der Waals surface area contributed by atoms with Crippen LogP contribution in [0.15, 0.2) is 35.1 Å². The molecule has 0 bridgehead atoms. The van der Waals surface area contributed by atoms with Crippen molar-refractivity contribution in [3.8, 4) is 11.4 Å². The van der Waals surface area contributed by atoms with Crippen molar-refractivity contribution >= 4 is 44.3 Å². The van der Waals surface area contributed by atoms with Crippen LogP contribution in [0.3, 0.4) is 0 Å². The average Bonchev–Trinajstić information content (AvgIpc) is 3.41. The molecule has 0 spiro atoms. The maximum Gasteiger partial charge on any atom is 0.244 e. The van der Waals surface area contributed by atoms with Crippen molar-refractivity contribution in [3.05, 3.63) is 35.1 Å². The van der Waals surface area contributed by atoms with Gasteiger partial charge in [0, 0.05) is 49.3 Å². The smallest absolute Gasteiger partial charge is 0.244 e. The highest BCUT2D eigenvalue weighted by molar-refractivity contribution is 9.10. The van der Waals surface area contributed by atoms with E-state index in [2.05, 4.69) is 36.8 Å². The van der Waals surface area contributed by atoms with Gasteiger partial charge in [-0.1, -0.05) is 6.07 Å². The van der Waals surface area contributed by atoms with E-state index >= 15 is 0 Å². The molecular formula is C20H22BrN9O. The third-order valence-electron chi connectivity index (χ3n) is 5.36. The Labute approximate surface area is 186 Å². The lowest BCUT2D eigenvalue weighted by Crippen LogP contribution is -2.50. The van der Waals surface area contributed by atoms with Crippen molar-refractivity contribution in [1.82, 2.24) is 39.6 Å². The monoisotopic (exact) mass is 483 g/mol. The molecule has 0 saturated carbocycles. The summed E-state index contributed by atoms with van der Waals surface area (Å²) in [6.07, 6.45) is 3.59. The molecule has 0 aliphatic carbocycles. The Balaban J connectivity index is 1.59. The number of benzene rings is 1. The number of anilines is 1. The number of piperazine rings is 1. The highest BCUT2D eigenvalue weighted by Crippen LogP contribution is 2.28. The zero-order chi connectivity index (χ0) is 21.5. The molecule has 10 nitrogen and oxygen atoms in total. The molecule has 0 radical (unpaired) electrons.